The first-order valence-corrected chi connectivity index (χ1v) is 22.3. The molecule has 2 aliphatic rings. The van der Waals surface area contributed by atoms with E-state index in [2.05, 4.69) is 106 Å². The van der Waals surface area contributed by atoms with Crippen molar-refractivity contribution < 1.29 is 14.3 Å². The predicted molar refractivity (Wildman–Crippen MR) is 215 cm³/mol. The van der Waals surface area contributed by atoms with Crippen LogP contribution in [0.25, 0.3) is 0 Å². The van der Waals surface area contributed by atoms with E-state index >= 15 is 0 Å². The van der Waals surface area contributed by atoms with Gasteiger partial charge in [-0.05, 0) is 109 Å². The van der Waals surface area contributed by atoms with Crippen LogP contribution in [0.5, 0.6) is 0 Å². The van der Waals surface area contributed by atoms with Crippen molar-refractivity contribution >= 4 is 19.7 Å². The van der Waals surface area contributed by atoms with Crippen molar-refractivity contribution in [3.05, 3.63) is 106 Å². The van der Waals surface area contributed by atoms with Crippen molar-refractivity contribution in [2.24, 2.45) is 5.92 Å². The first-order chi connectivity index (χ1) is 23.6. The number of carbonyl (C=O) groups is 1. The molecule has 0 bridgehead atoms. The lowest BCUT2D eigenvalue weighted by Gasteiger charge is -2.23. The molecular formula is C43H67N3O3Si. The summed E-state index contributed by atoms with van der Waals surface area (Å²) in [6.45, 7) is 28.8. The maximum absolute atomic E-state index is 12.3. The summed E-state index contributed by atoms with van der Waals surface area (Å²) in [4.78, 5) is 16.7. The van der Waals surface area contributed by atoms with Crippen LogP contribution in [0.15, 0.2) is 83.3 Å². The van der Waals surface area contributed by atoms with Crippen LogP contribution in [-0.2, 0) is 46.7 Å². The molecule has 0 fully saturated rings. The summed E-state index contributed by atoms with van der Waals surface area (Å²) in [5.74, 6) is 0.548. The predicted octanol–water partition coefficient (Wildman–Crippen LogP) is 11.2. The van der Waals surface area contributed by atoms with Gasteiger partial charge in [-0.1, -0.05) is 94.0 Å². The molecule has 0 saturated carbocycles. The van der Waals surface area contributed by atoms with E-state index in [-0.39, 0.29) is 11.9 Å². The number of allylic oxidation sites excluding steroid dienone is 4. The zero-order chi connectivity index (χ0) is 37.5. The van der Waals surface area contributed by atoms with Gasteiger partial charge >= 0.3 is 5.97 Å². The molecule has 50 heavy (non-hydrogen) atoms. The summed E-state index contributed by atoms with van der Waals surface area (Å²) >= 11 is 0. The van der Waals surface area contributed by atoms with E-state index in [1.807, 2.05) is 52.3 Å². The minimum Gasteiger partial charge on any atom is -0.460 e. The van der Waals surface area contributed by atoms with Crippen molar-refractivity contribution in [2.45, 2.75) is 139 Å². The molecule has 2 heterocycles. The second-order valence-electron chi connectivity index (χ2n) is 15.6. The average molecular weight is 702 g/mol. The molecule has 0 radical (unpaired) electrons. The SMILES string of the molecule is CC.CC1=C(C)Cc2ccccc2C1.CC1=C(C)Nc2ccccc2C1.CCC(Cc1nccn1COCC[Si](C)(C)C)C(=O)OC(C)(C)C. The van der Waals surface area contributed by atoms with Crippen molar-refractivity contribution in [1.82, 2.24) is 9.55 Å². The van der Waals surface area contributed by atoms with E-state index < -0.39 is 13.7 Å². The topological polar surface area (TPSA) is 65.4 Å². The van der Waals surface area contributed by atoms with Crippen LogP contribution < -0.4 is 5.32 Å². The van der Waals surface area contributed by atoms with Crippen molar-refractivity contribution in [3.63, 3.8) is 0 Å². The van der Waals surface area contributed by atoms with Crippen LogP contribution in [0, 0.1) is 5.92 Å². The third kappa shape index (κ3) is 14.8. The first kappa shape index (κ1) is 42.7. The number of nitrogens with zero attached hydrogens (tertiary/aromatic N) is 2. The first-order valence-electron chi connectivity index (χ1n) is 18.6. The lowest BCUT2D eigenvalue weighted by Crippen LogP contribution is -2.30. The number of imidazole rings is 1. The normalized spacial score (nSPS) is 14.3. The third-order valence-electron chi connectivity index (χ3n) is 8.88. The molecule has 3 aromatic rings. The molecule has 7 heteroatoms. The van der Waals surface area contributed by atoms with E-state index in [0.29, 0.717) is 13.2 Å². The smallest absolute Gasteiger partial charge is 0.309 e. The summed E-state index contributed by atoms with van der Waals surface area (Å²) in [5, 5.41) is 3.39. The minimum atomic E-state index is -1.07. The zero-order valence-corrected chi connectivity index (χ0v) is 34.6. The molecule has 6 nitrogen and oxygen atoms in total. The number of anilines is 1. The number of esters is 1. The molecule has 5 rings (SSSR count). The van der Waals surface area contributed by atoms with Gasteiger partial charge in [0.05, 0.1) is 5.92 Å². The van der Waals surface area contributed by atoms with Gasteiger partial charge in [0.1, 0.15) is 18.2 Å². The molecule has 0 amide bonds. The number of hydrogen-bond acceptors (Lipinski definition) is 5. The largest absolute Gasteiger partial charge is 0.460 e. The Hall–Kier alpha value is -3.42. The Morgan fingerprint density at radius 3 is 1.96 bits per heavy atom. The van der Waals surface area contributed by atoms with Crippen LogP contribution in [0.4, 0.5) is 5.69 Å². The maximum Gasteiger partial charge on any atom is 0.309 e. The molecule has 1 unspecified atom stereocenters. The Balaban J connectivity index is 0.000000277. The number of para-hydroxylation sites is 1. The van der Waals surface area contributed by atoms with Gasteiger partial charge in [-0.3, -0.25) is 4.79 Å². The summed E-state index contributed by atoms with van der Waals surface area (Å²) in [6, 6.07) is 18.4. The van der Waals surface area contributed by atoms with Crippen LogP contribution in [0.3, 0.4) is 0 Å². The molecule has 1 aliphatic carbocycles. The Morgan fingerprint density at radius 1 is 0.880 bits per heavy atom. The van der Waals surface area contributed by atoms with E-state index in [9.17, 15) is 4.79 Å². The van der Waals surface area contributed by atoms with E-state index in [0.717, 1.165) is 44.2 Å². The molecule has 2 aromatic carbocycles. The van der Waals surface area contributed by atoms with Gasteiger partial charge in [0.25, 0.3) is 0 Å². The lowest BCUT2D eigenvalue weighted by atomic mass is 9.88. The van der Waals surface area contributed by atoms with Gasteiger partial charge in [0.15, 0.2) is 0 Å². The number of benzene rings is 2. The van der Waals surface area contributed by atoms with Crippen molar-refractivity contribution in [2.75, 3.05) is 11.9 Å². The minimum absolute atomic E-state index is 0.154. The molecule has 1 aliphatic heterocycles. The molecule has 0 saturated heterocycles. The second-order valence-corrected chi connectivity index (χ2v) is 21.2. The average Bonchev–Trinajstić information content (AvgIpc) is 3.50. The summed E-state index contributed by atoms with van der Waals surface area (Å²) in [5.41, 5.74) is 11.1. The maximum atomic E-state index is 12.3. The highest BCUT2D eigenvalue weighted by atomic mass is 28.3. The van der Waals surface area contributed by atoms with Gasteiger partial charge < -0.3 is 19.4 Å². The fraction of sp³-hybridized carbons (Fsp3) is 0.535. The number of hydrogen-bond donors (Lipinski definition) is 1. The molecule has 1 aromatic heterocycles. The zero-order valence-electron chi connectivity index (χ0n) is 33.6. The Labute approximate surface area is 305 Å². The fourth-order valence-corrected chi connectivity index (χ4v) is 6.24. The van der Waals surface area contributed by atoms with Crippen LogP contribution in [0.1, 0.15) is 98.2 Å². The third-order valence-corrected chi connectivity index (χ3v) is 10.6. The molecule has 1 N–H and O–H groups in total. The highest BCUT2D eigenvalue weighted by Gasteiger charge is 2.25. The summed E-state index contributed by atoms with van der Waals surface area (Å²) in [6.07, 6.45) is 8.39. The Kier molecular flexibility index (Phi) is 17.5. The van der Waals surface area contributed by atoms with Gasteiger partial charge in [-0.15, -0.1) is 0 Å². The van der Waals surface area contributed by atoms with Crippen LogP contribution in [-0.4, -0.2) is 35.8 Å². The number of aromatic nitrogens is 2. The molecular weight excluding hydrogens is 635 g/mol. The monoisotopic (exact) mass is 701 g/mol. The fourth-order valence-electron chi connectivity index (χ4n) is 5.49. The van der Waals surface area contributed by atoms with Gasteiger partial charge in [0.2, 0.25) is 0 Å². The standard InChI is InChI=1S/C18H34N2O3Si.C12H14.C11H13N.C2H6/c1-8-15(17(21)23-18(2,3)4)13-16-19-9-10-20(16)14-22-11-12-24(5,6)7;1-9-7-11-5-3-4-6-12(11)8-10(9)2;1-8-7-10-5-3-4-6-11(10)12-9(8)2;1-2/h9-10,15H,8,11-14H2,1-7H3;3-6H,7-8H2,1-2H3;3-6,12H,7H2,1-2H3;1-2H3. The molecule has 276 valence electrons. The van der Waals surface area contributed by atoms with Crippen molar-refractivity contribution in [1.29, 1.82) is 0 Å². The highest BCUT2D eigenvalue weighted by Crippen LogP contribution is 2.27. The Bertz CT molecular complexity index is 1420. The van der Waals surface area contributed by atoms with Gasteiger partial charge in [0, 0.05) is 44.9 Å². The number of nitrogens with one attached hydrogen (secondary N) is 1. The van der Waals surface area contributed by atoms with Crippen LogP contribution in [0.2, 0.25) is 25.7 Å². The van der Waals surface area contributed by atoms with Crippen LogP contribution >= 0.6 is 0 Å². The Morgan fingerprint density at radius 2 is 1.42 bits per heavy atom. The van der Waals surface area contributed by atoms with E-state index in [1.165, 1.54) is 33.6 Å². The lowest BCUT2D eigenvalue weighted by molar-refractivity contribution is -0.160. The molecule has 0 spiro atoms. The molecule has 1 atom stereocenters. The number of fused-ring (bicyclic) bond motifs is 2. The van der Waals surface area contributed by atoms with Crippen molar-refractivity contribution in [3.8, 4) is 0 Å². The summed E-state index contributed by atoms with van der Waals surface area (Å²) in [7, 11) is -1.07. The quantitative estimate of drug-likeness (QED) is 0.104. The highest BCUT2D eigenvalue weighted by molar-refractivity contribution is 6.76. The van der Waals surface area contributed by atoms with E-state index in [4.69, 9.17) is 9.47 Å². The van der Waals surface area contributed by atoms with Gasteiger partial charge in [-0.25, -0.2) is 4.98 Å². The summed E-state index contributed by atoms with van der Waals surface area (Å²) < 4.78 is 13.3. The van der Waals surface area contributed by atoms with E-state index in [1.54, 1.807) is 17.3 Å². The van der Waals surface area contributed by atoms with Gasteiger partial charge in [-0.2, -0.15) is 0 Å². The second kappa shape index (κ2) is 20.4. The number of ether oxygens (including phenoxy) is 2. The number of rotatable bonds is 9. The number of carbonyl (C=O) groups excluding carboxylic acids is 1.